The van der Waals surface area contributed by atoms with Crippen LogP contribution >= 0.6 is 0 Å². The fraction of sp³-hybridized carbons (Fsp3) is 0.464. The Bertz CT molecular complexity index is 5070. The van der Waals surface area contributed by atoms with Gasteiger partial charge in [0.15, 0.2) is 59.7 Å². The van der Waals surface area contributed by atoms with Crippen LogP contribution in [0.3, 0.4) is 0 Å². The van der Waals surface area contributed by atoms with E-state index in [-0.39, 0.29) is 127 Å². The predicted molar refractivity (Wildman–Crippen MR) is 585 cm³/mol. The van der Waals surface area contributed by atoms with E-state index in [0.29, 0.717) is 11.8 Å². The third kappa shape index (κ3) is 58.5. The number of carbonyl (C=O) groups is 12. The number of nitrogens with zero attached hydrogens (tertiary/aromatic N) is 2. The first-order chi connectivity index (χ1) is 68.3. The zero-order valence-electron chi connectivity index (χ0n) is 90.3. The molecule has 0 aliphatic rings. The summed E-state index contributed by atoms with van der Waals surface area (Å²) in [5.41, 5.74) is 5.24. The monoisotopic (exact) mass is 2060 g/mol. The molecule has 0 radical (unpaired) electrons. The zero-order chi connectivity index (χ0) is 109. The lowest BCUT2D eigenvalue weighted by atomic mass is 10.0. The van der Waals surface area contributed by atoms with Gasteiger partial charge in [0.25, 0.3) is 0 Å². The summed E-state index contributed by atoms with van der Waals surface area (Å²) in [4.78, 5) is 142. The van der Waals surface area contributed by atoms with Crippen LogP contribution in [0.15, 0.2) is 182 Å². The lowest BCUT2D eigenvalue weighted by molar-refractivity contribution is -0.131. The summed E-state index contributed by atoms with van der Waals surface area (Å²) in [7, 11) is 3.62. The third-order valence-corrected chi connectivity index (χ3v) is 37.4. The van der Waals surface area contributed by atoms with E-state index in [9.17, 15) is 57.5 Å². The number of amides is 6. The SMILES string of the molecule is CCCCC(CC)COc1ccc(/C=C/C(=O)NCC(=O)CO)cc1.CCCCC(CC)COc1ccc(/C=C/C(=O)NCC(=O)CO[Si](C)(C)C(C)(C)C)cc1.COc1ccc(/C=C/C(=O)N(C)CC(=O)CO)cc1.COc1ccc(/C=C/C(=O)N(C)CC(=O)CO[Si](C)(C)C(C)(C)C)cc1.COc1ccc(/C=C/C(=O)NCC(=O)CO)cc1.COc1ccc(/C=C/C(=O)NCC(=O)CO[Si](C)(C)C(C)(C)C)cc1. The Morgan fingerprint density at radius 1 is 0.317 bits per heavy atom. The molecule has 7 N–H and O–H groups in total. The molecule has 0 aliphatic heterocycles. The van der Waals surface area contributed by atoms with E-state index in [4.69, 9.17) is 57.0 Å². The number of ether oxygens (including phenoxy) is 6. The molecule has 798 valence electrons. The number of hydrogen-bond donors (Lipinski definition) is 7. The van der Waals surface area contributed by atoms with Gasteiger partial charge in [-0.1, -0.05) is 201 Å². The van der Waals surface area contributed by atoms with E-state index < -0.39 is 62.1 Å². The van der Waals surface area contributed by atoms with Gasteiger partial charge in [0.2, 0.25) is 35.4 Å². The van der Waals surface area contributed by atoms with Crippen LogP contribution in [0, 0.1) is 11.8 Å². The number of likely N-dealkylation sites (N-methyl/N-ethyl adjacent to an activating group) is 2. The third-order valence-electron chi connectivity index (χ3n) is 24.0. The fourth-order valence-electron chi connectivity index (χ4n) is 11.1. The van der Waals surface area contributed by atoms with Gasteiger partial charge in [0.05, 0.1) is 101 Å². The van der Waals surface area contributed by atoms with Gasteiger partial charge >= 0.3 is 0 Å². The predicted octanol–water partition coefficient (Wildman–Crippen LogP) is 17.3. The second-order valence-electron chi connectivity index (χ2n) is 38.8. The van der Waals surface area contributed by atoms with Crippen LogP contribution in [-0.2, 0) is 70.8 Å². The molecule has 6 rings (SSSR count). The Hall–Kier alpha value is -12.2. The topological polar surface area (TPSA) is 403 Å². The molecule has 145 heavy (non-hydrogen) atoms. The number of hydrogen-bond acceptors (Lipinski definition) is 24. The number of unbranched alkanes of at least 4 members (excludes halogenated alkanes) is 2. The molecule has 6 aromatic rings. The molecular weight excluding hydrogens is 1900 g/mol. The smallest absolute Gasteiger partial charge is 0.246 e. The summed E-state index contributed by atoms with van der Waals surface area (Å²) >= 11 is 0. The number of aliphatic hydroxyl groups excluding tert-OH is 3. The van der Waals surface area contributed by atoms with E-state index >= 15 is 0 Å². The van der Waals surface area contributed by atoms with E-state index in [1.165, 1.54) is 91.8 Å². The highest BCUT2D eigenvalue weighted by atomic mass is 28.4. The van der Waals surface area contributed by atoms with Gasteiger partial charge in [0, 0.05) is 50.6 Å². The molecule has 30 nitrogen and oxygen atoms in total. The molecule has 0 saturated heterocycles. The summed E-state index contributed by atoms with van der Waals surface area (Å²) in [5, 5.41) is 35.8. The number of rotatable bonds is 54. The van der Waals surface area contributed by atoms with Crippen molar-refractivity contribution in [3.05, 3.63) is 215 Å². The van der Waals surface area contributed by atoms with Crippen LogP contribution in [-0.4, -0.2) is 255 Å². The number of Topliss-reactive ketones (excluding diaryl/α,β-unsaturated/α-hetero) is 6. The minimum Gasteiger partial charge on any atom is -0.497 e. The maximum atomic E-state index is 12.2. The van der Waals surface area contributed by atoms with Crippen molar-refractivity contribution in [2.45, 2.75) is 196 Å². The number of carbonyl (C=O) groups excluding carboxylic acids is 12. The van der Waals surface area contributed by atoms with Crippen molar-refractivity contribution in [2.75, 3.05) is 135 Å². The Morgan fingerprint density at radius 2 is 0.531 bits per heavy atom. The molecule has 0 aliphatic carbocycles. The van der Waals surface area contributed by atoms with E-state index in [2.05, 4.69) is 151 Å². The van der Waals surface area contributed by atoms with E-state index in [1.807, 2.05) is 121 Å². The van der Waals surface area contributed by atoms with Gasteiger partial charge in [-0.05, 0) is 222 Å². The summed E-state index contributed by atoms with van der Waals surface area (Å²) in [6, 6.07) is 44.4. The molecule has 2 atom stereocenters. The minimum absolute atomic E-state index is 0.0266. The van der Waals surface area contributed by atoms with Crippen LogP contribution in [0.25, 0.3) is 36.5 Å². The molecule has 0 bridgehead atoms. The largest absolute Gasteiger partial charge is 0.497 e. The first-order valence-corrected chi connectivity index (χ1v) is 57.6. The second kappa shape index (κ2) is 70.5. The standard InChI is InChI=1S/C26H43NO4Si.C20H31NO4Si.C20H29NO4.C19H29NO4Si.C14H17NO4.C13H15NO4/c1-8-10-11-21(9-2)19-30-24-15-12-22(13-16-24)14-17-25(29)27-18-23(28)20-31-32(6,7)26(3,4)5;1-20(2,3)26(6,7)25-15-17(22)14-21(4)19(23)13-10-16-8-11-18(24-5)12-9-16;1-3-5-6-16(4-2)15-25-19-10-7-17(8-11-19)9-12-20(24)21-13-18(23)14-22;1-19(2,3)25(5,6)24-14-16(21)13-20-18(22)12-9-15-7-10-17(23-4)11-8-15;1-15(9-12(17)10-16)14(18)8-5-11-3-6-13(19-2)7-4-11;1-18-12-5-2-10(3-6-12)4-7-13(17)14-8-11(16)9-15/h12-17,21H,8-11,18-20H2,1-7H3,(H,27,29);8-13H,14-15H2,1-7H3;7-12,16,22H,3-6,13-15H2,1-2H3,(H,21,24);7-12H,13-14H2,1-6H3,(H,20,22);3-8,16H,9-10H2,1-2H3;2-7,15H,8-9H2,1H3,(H,14,17)/b17-14+;13-10+;2*12-9+;8-5+;7-4+. The highest BCUT2D eigenvalue weighted by Gasteiger charge is 2.40. The van der Waals surface area contributed by atoms with Crippen LogP contribution in [0.2, 0.25) is 54.4 Å². The molecule has 0 spiro atoms. The van der Waals surface area contributed by atoms with Gasteiger partial charge in [0.1, 0.15) is 54.3 Å². The molecule has 6 aromatic carbocycles. The van der Waals surface area contributed by atoms with Gasteiger partial charge in [-0.15, -0.1) is 0 Å². The van der Waals surface area contributed by atoms with E-state index in [0.717, 1.165) is 93.9 Å². The quantitative estimate of drug-likeness (QED) is 0.0138. The summed E-state index contributed by atoms with van der Waals surface area (Å²) in [6.07, 6.45) is 28.0. The molecular formula is C112H164N6O24Si3. The van der Waals surface area contributed by atoms with Crippen molar-refractivity contribution < 1.29 is 115 Å². The van der Waals surface area contributed by atoms with Crippen molar-refractivity contribution in [1.29, 1.82) is 0 Å². The van der Waals surface area contributed by atoms with Crippen molar-refractivity contribution >= 4 is 132 Å². The lowest BCUT2D eigenvalue weighted by Crippen LogP contribution is -2.43. The van der Waals surface area contributed by atoms with Gasteiger partial charge < -0.3 is 88.1 Å². The van der Waals surface area contributed by atoms with Gasteiger partial charge in [-0.25, -0.2) is 0 Å². The molecule has 2 unspecified atom stereocenters. The number of nitrogens with one attached hydrogen (secondary N) is 4. The summed E-state index contributed by atoms with van der Waals surface area (Å²) in [6.45, 7) is 40.0. The van der Waals surface area contributed by atoms with Crippen LogP contribution in [0.4, 0.5) is 0 Å². The number of benzene rings is 6. The van der Waals surface area contributed by atoms with Crippen molar-refractivity contribution in [2.24, 2.45) is 11.8 Å². The van der Waals surface area contributed by atoms with E-state index in [1.54, 1.807) is 96.2 Å². The van der Waals surface area contributed by atoms with Crippen LogP contribution < -0.4 is 49.7 Å². The number of ketones is 6. The Labute approximate surface area is 864 Å². The molecule has 6 amide bonds. The van der Waals surface area contributed by atoms with Crippen molar-refractivity contribution in [1.82, 2.24) is 31.1 Å². The van der Waals surface area contributed by atoms with Crippen molar-refractivity contribution in [3.8, 4) is 34.5 Å². The molecule has 0 fully saturated rings. The first-order valence-electron chi connectivity index (χ1n) is 48.9. The molecule has 33 heteroatoms. The van der Waals surface area contributed by atoms with Crippen molar-refractivity contribution in [3.63, 3.8) is 0 Å². The van der Waals surface area contributed by atoms with Gasteiger partial charge in [-0.2, -0.15) is 0 Å². The van der Waals surface area contributed by atoms with Crippen LogP contribution in [0.5, 0.6) is 34.5 Å². The number of methoxy groups -OCH3 is 4. The highest BCUT2D eigenvalue weighted by molar-refractivity contribution is 6.75. The maximum Gasteiger partial charge on any atom is 0.246 e. The average Bonchev–Trinajstić information content (AvgIpc) is 0.854. The Balaban J connectivity index is 0.000000878. The van der Waals surface area contributed by atoms with Gasteiger partial charge in [-0.3, -0.25) is 57.5 Å². The zero-order valence-corrected chi connectivity index (χ0v) is 93.3. The number of aliphatic hydroxyl groups is 3. The summed E-state index contributed by atoms with van der Waals surface area (Å²) in [5.74, 6) is 2.38. The lowest BCUT2D eigenvalue weighted by Gasteiger charge is -2.36. The molecule has 0 saturated carbocycles. The average molecular weight is 2060 g/mol. The first kappa shape index (κ1) is 131. The molecule has 0 aromatic heterocycles. The Morgan fingerprint density at radius 3 is 0.745 bits per heavy atom. The molecule has 0 heterocycles. The summed E-state index contributed by atoms with van der Waals surface area (Å²) < 4.78 is 49.6. The highest BCUT2D eigenvalue weighted by Crippen LogP contribution is 2.39. The fourth-order valence-corrected chi connectivity index (χ4v) is 14.0. The minimum atomic E-state index is -1.97. The normalized spacial score (nSPS) is 12.0. The maximum absolute atomic E-state index is 12.2. The van der Waals surface area contributed by atoms with Crippen LogP contribution in [0.1, 0.15) is 175 Å². The Kier molecular flexibility index (Phi) is 63.6. The second-order valence-corrected chi connectivity index (χ2v) is 53.2.